The zero-order valence-corrected chi connectivity index (χ0v) is 13.3. The molecule has 24 heavy (non-hydrogen) atoms. The number of amides is 1. The van der Waals surface area contributed by atoms with E-state index in [1.54, 1.807) is 21.0 Å². The van der Waals surface area contributed by atoms with Gasteiger partial charge in [-0.2, -0.15) is 13.2 Å². The summed E-state index contributed by atoms with van der Waals surface area (Å²) in [6.45, 7) is 1.63. The number of carbonyl (C=O) groups is 1. The van der Waals surface area contributed by atoms with Crippen LogP contribution in [0, 0.1) is 6.92 Å². The third kappa shape index (κ3) is 3.76. The van der Waals surface area contributed by atoms with Gasteiger partial charge < -0.3 is 15.2 Å². The molecule has 2 aromatic rings. The minimum atomic E-state index is -4.64. The van der Waals surface area contributed by atoms with Crippen LogP contribution in [0.1, 0.15) is 21.6 Å². The number of nitrogens with one attached hydrogen (secondary N) is 2. The van der Waals surface area contributed by atoms with Gasteiger partial charge in [-0.25, -0.2) is 0 Å². The van der Waals surface area contributed by atoms with Crippen molar-refractivity contribution in [2.45, 2.75) is 13.1 Å². The fraction of sp³-hybridized carbons (Fsp3) is 0.250. The number of hydrogen-bond acceptors (Lipinski definition) is 3. The number of pyridine rings is 1. The number of aryl methyl sites for hydroxylation is 1. The maximum absolute atomic E-state index is 13.2. The van der Waals surface area contributed by atoms with Gasteiger partial charge in [-0.05, 0) is 37.3 Å². The summed E-state index contributed by atoms with van der Waals surface area (Å²) in [5, 5.41) is 2.16. The molecule has 5 nitrogen and oxygen atoms in total. The zero-order valence-electron chi connectivity index (χ0n) is 13.3. The summed E-state index contributed by atoms with van der Waals surface area (Å²) >= 11 is 0. The van der Waals surface area contributed by atoms with Crippen LogP contribution < -0.4 is 15.8 Å². The number of hydrogen-bond donors (Lipinski definition) is 2. The van der Waals surface area contributed by atoms with Gasteiger partial charge in [0.25, 0.3) is 11.5 Å². The SMILES string of the molecule is Cc1ccc(C(=O)Nc2ccc(N(C)C)cc2C(F)(F)F)c(=O)[nH]1. The summed E-state index contributed by atoms with van der Waals surface area (Å²) in [7, 11) is 3.22. The van der Waals surface area contributed by atoms with E-state index >= 15 is 0 Å². The van der Waals surface area contributed by atoms with Crippen molar-refractivity contribution in [2.24, 2.45) is 0 Å². The van der Waals surface area contributed by atoms with E-state index in [2.05, 4.69) is 10.3 Å². The summed E-state index contributed by atoms with van der Waals surface area (Å²) in [6.07, 6.45) is -4.64. The monoisotopic (exact) mass is 339 g/mol. The van der Waals surface area contributed by atoms with Crippen molar-refractivity contribution in [3.8, 4) is 0 Å². The Hall–Kier alpha value is -2.77. The normalized spacial score (nSPS) is 11.2. The van der Waals surface area contributed by atoms with E-state index in [-0.39, 0.29) is 5.56 Å². The highest BCUT2D eigenvalue weighted by Gasteiger charge is 2.34. The average Bonchev–Trinajstić information content (AvgIpc) is 2.45. The van der Waals surface area contributed by atoms with E-state index in [4.69, 9.17) is 0 Å². The number of aromatic nitrogens is 1. The van der Waals surface area contributed by atoms with E-state index in [1.807, 2.05) is 0 Å². The minimum Gasteiger partial charge on any atom is -0.378 e. The Labute approximate surface area is 136 Å². The standard InChI is InChI=1S/C16H16F3N3O2/c1-9-4-6-11(14(23)20-9)15(24)21-13-7-5-10(22(2)3)8-12(13)16(17,18)19/h4-8H,1-3H3,(H,20,23)(H,21,24). The summed E-state index contributed by atoms with van der Waals surface area (Å²) in [5.41, 5.74) is -1.42. The minimum absolute atomic E-state index is 0.259. The lowest BCUT2D eigenvalue weighted by Gasteiger charge is -2.18. The first-order chi connectivity index (χ1) is 11.1. The molecule has 0 aliphatic heterocycles. The first-order valence-corrected chi connectivity index (χ1v) is 6.99. The van der Waals surface area contributed by atoms with E-state index in [0.717, 1.165) is 6.07 Å². The van der Waals surface area contributed by atoms with Crippen molar-refractivity contribution < 1.29 is 18.0 Å². The van der Waals surface area contributed by atoms with Gasteiger partial charge >= 0.3 is 6.18 Å². The Morgan fingerprint density at radius 2 is 1.83 bits per heavy atom. The molecular weight excluding hydrogens is 323 g/mol. The lowest BCUT2D eigenvalue weighted by atomic mass is 10.1. The first-order valence-electron chi connectivity index (χ1n) is 6.99. The van der Waals surface area contributed by atoms with Crippen LogP contribution in [0.3, 0.4) is 0 Å². The molecule has 1 amide bonds. The van der Waals surface area contributed by atoms with Gasteiger partial charge in [0.15, 0.2) is 0 Å². The van der Waals surface area contributed by atoms with Crippen LogP contribution in [0.5, 0.6) is 0 Å². The molecule has 0 aliphatic carbocycles. The molecule has 2 rings (SSSR count). The molecule has 2 N–H and O–H groups in total. The van der Waals surface area contributed by atoms with E-state index in [0.29, 0.717) is 11.4 Å². The fourth-order valence-electron chi connectivity index (χ4n) is 2.09. The quantitative estimate of drug-likeness (QED) is 0.903. The van der Waals surface area contributed by atoms with Crippen LogP contribution in [0.2, 0.25) is 0 Å². The number of halogens is 3. The molecule has 0 spiro atoms. The Bertz CT molecular complexity index is 826. The molecule has 1 heterocycles. The highest BCUT2D eigenvalue weighted by Crippen LogP contribution is 2.37. The molecular formula is C16H16F3N3O2. The number of carbonyl (C=O) groups excluding carboxylic acids is 1. The van der Waals surface area contributed by atoms with E-state index in [1.165, 1.54) is 29.2 Å². The molecule has 1 aromatic carbocycles. The number of nitrogens with zero attached hydrogens (tertiary/aromatic N) is 1. The van der Waals surface area contributed by atoms with Crippen LogP contribution >= 0.6 is 0 Å². The van der Waals surface area contributed by atoms with Crippen molar-refractivity contribution in [3.63, 3.8) is 0 Å². The van der Waals surface area contributed by atoms with Crippen molar-refractivity contribution in [1.82, 2.24) is 4.98 Å². The lowest BCUT2D eigenvalue weighted by Crippen LogP contribution is -2.24. The maximum atomic E-state index is 13.2. The van der Waals surface area contributed by atoms with Crippen LogP contribution in [-0.4, -0.2) is 25.0 Å². The Morgan fingerprint density at radius 1 is 1.17 bits per heavy atom. The molecule has 0 fully saturated rings. The largest absolute Gasteiger partial charge is 0.418 e. The molecule has 128 valence electrons. The zero-order chi connectivity index (χ0) is 18.1. The lowest BCUT2D eigenvalue weighted by molar-refractivity contribution is -0.136. The fourth-order valence-corrected chi connectivity index (χ4v) is 2.09. The number of anilines is 2. The van der Waals surface area contributed by atoms with Crippen LogP contribution in [0.4, 0.5) is 24.5 Å². The molecule has 0 saturated carbocycles. The summed E-state index contributed by atoms with van der Waals surface area (Å²) in [6, 6.07) is 6.32. The van der Waals surface area contributed by atoms with Gasteiger partial charge in [-0.15, -0.1) is 0 Å². The van der Waals surface area contributed by atoms with E-state index < -0.39 is 28.9 Å². The predicted octanol–water partition coefficient (Wildman–Crippen LogP) is 3.02. The van der Waals surface area contributed by atoms with Crippen molar-refractivity contribution in [3.05, 3.63) is 57.5 Å². The molecule has 0 radical (unpaired) electrons. The summed E-state index contributed by atoms with van der Waals surface area (Å²) in [5.74, 6) is -0.903. The first kappa shape index (κ1) is 17.6. The van der Waals surface area contributed by atoms with Gasteiger partial charge in [0.2, 0.25) is 0 Å². The van der Waals surface area contributed by atoms with Gasteiger partial charge in [-0.1, -0.05) is 0 Å². The molecule has 1 aromatic heterocycles. The maximum Gasteiger partial charge on any atom is 0.418 e. The van der Waals surface area contributed by atoms with Gasteiger partial charge in [0.05, 0.1) is 11.3 Å². The number of rotatable bonds is 3. The van der Waals surface area contributed by atoms with Crippen molar-refractivity contribution >= 4 is 17.3 Å². The topological polar surface area (TPSA) is 65.2 Å². The van der Waals surface area contributed by atoms with Gasteiger partial charge in [-0.3, -0.25) is 9.59 Å². The van der Waals surface area contributed by atoms with Crippen molar-refractivity contribution in [1.29, 1.82) is 0 Å². The Morgan fingerprint density at radius 3 is 2.38 bits per heavy atom. The molecule has 0 atom stereocenters. The van der Waals surface area contributed by atoms with Crippen LogP contribution in [0.15, 0.2) is 35.1 Å². The van der Waals surface area contributed by atoms with Crippen LogP contribution in [0.25, 0.3) is 0 Å². The second-order valence-electron chi connectivity index (χ2n) is 5.46. The molecule has 0 aliphatic rings. The average molecular weight is 339 g/mol. The van der Waals surface area contributed by atoms with Gasteiger partial charge in [0.1, 0.15) is 5.56 Å². The Balaban J connectivity index is 2.42. The smallest absolute Gasteiger partial charge is 0.378 e. The number of H-pyrrole nitrogens is 1. The number of alkyl halides is 3. The van der Waals surface area contributed by atoms with Gasteiger partial charge in [0, 0.05) is 25.5 Å². The highest BCUT2D eigenvalue weighted by molar-refractivity contribution is 6.04. The third-order valence-corrected chi connectivity index (χ3v) is 3.37. The predicted molar refractivity (Wildman–Crippen MR) is 85.5 cm³/mol. The second-order valence-corrected chi connectivity index (χ2v) is 5.46. The Kier molecular flexibility index (Phi) is 4.68. The molecule has 0 saturated heterocycles. The molecule has 8 heteroatoms. The molecule has 0 bridgehead atoms. The molecule has 0 unspecified atom stereocenters. The van der Waals surface area contributed by atoms with Crippen molar-refractivity contribution in [2.75, 3.05) is 24.3 Å². The second kappa shape index (κ2) is 6.38. The van der Waals surface area contributed by atoms with Crippen LogP contribution in [-0.2, 0) is 6.18 Å². The third-order valence-electron chi connectivity index (χ3n) is 3.37. The highest BCUT2D eigenvalue weighted by atomic mass is 19.4. The van der Waals surface area contributed by atoms with E-state index in [9.17, 15) is 22.8 Å². The number of benzene rings is 1. The summed E-state index contributed by atoms with van der Waals surface area (Å²) in [4.78, 5) is 27.8. The summed E-state index contributed by atoms with van der Waals surface area (Å²) < 4.78 is 39.7. The number of aromatic amines is 1.